The van der Waals surface area contributed by atoms with E-state index in [1.54, 1.807) is 14.2 Å². The van der Waals surface area contributed by atoms with Crippen LogP contribution < -0.4 is 9.47 Å². The summed E-state index contributed by atoms with van der Waals surface area (Å²) in [5.41, 5.74) is 2.73. The average molecular weight is 244 g/mol. The summed E-state index contributed by atoms with van der Waals surface area (Å²) in [6.45, 7) is 0. The van der Waals surface area contributed by atoms with Gasteiger partial charge >= 0.3 is 0 Å². The van der Waals surface area contributed by atoms with Crippen molar-refractivity contribution in [2.45, 2.75) is 12.5 Å². The molecule has 1 aliphatic rings. The molecular weight excluding hydrogens is 226 g/mol. The molecule has 0 saturated heterocycles. The van der Waals surface area contributed by atoms with Crippen LogP contribution in [0.5, 0.6) is 11.5 Å². The zero-order chi connectivity index (χ0) is 11.0. The van der Waals surface area contributed by atoms with Crippen LogP contribution >= 0.6 is 12.4 Å². The first-order valence-electron chi connectivity index (χ1n) is 5.08. The van der Waals surface area contributed by atoms with Gasteiger partial charge in [-0.2, -0.15) is 0 Å². The molecule has 16 heavy (non-hydrogen) atoms. The van der Waals surface area contributed by atoms with Gasteiger partial charge in [0, 0.05) is 6.04 Å². The van der Waals surface area contributed by atoms with E-state index in [0.717, 1.165) is 17.9 Å². The van der Waals surface area contributed by atoms with E-state index in [9.17, 15) is 0 Å². The first-order valence-corrected chi connectivity index (χ1v) is 5.08. The molecule has 0 spiro atoms. The molecule has 1 aromatic carbocycles. The molecule has 0 heterocycles. The van der Waals surface area contributed by atoms with Gasteiger partial charge in [0.25, 0.3) is 0 Å². The number of likely N-dealkylation sites (N-methyl/N-ethyl adjacent to an activating group) is 1. The minimum absolute atomic E-state index is 0. The summed E-state index contributed by atoms with van der Waals surface area (Å²) in [7, 11) is 7.55. The highest BCUT2D eigenvalue weighted by molar-refractivity contribution is 5.85. The molecule has 0 aliphatic heterocycles. The van der Waals surface area contributed by atoms with E-state index in [0.29, 0.717) is 6.04 Å². The van der Waals surface area contributed by atoms with Gasteiger partial charge in [-0.3, -0.25) is 0 Å². The zero-order valence-corrected chi connectivity index (χ0v) is 10.9. The Labute approximate surface area is 103 Å². The van der Waals surface area contributed by atoms with E-state index in [1.807, 2.05) is 0 Å². The summed E-state index contributed by atoms with van der Waals surface area (Å²) >= 11 is 0. The lowest BCUT2D eigenvalue weighted by Gasteiger charge is -2.36. The molecule has 1 atom stereocenters. The standard InChI is InChI=1S/C12H17NO2.ClH/c1-13(2)10-5-8-6-11(14-3)12(15-4)7-9(8)10;/h6-7,10H,5H2,1-4H3;1H. The molecule has 90 valence electrons. The van der Waals surface area contributed by atoms with Crippen molar-refractivity contribution in [2.75, 3.05) is 28.3 Å². The number of rotatable bonds is 3. The Morgan fingerprint density at radius 3 is 2.19 bits per heavy atom. The molecule has 3 nitrogen and oxygen atoms in total. The third-order valence-electron chi connectivity index (χ3n) is 3.04. The Morgan fingerprint density at radius 2 is 1.69 bits per heavy atom. The van der Waals surface area contributed by atoms with E-state index < -0.39 is 0 Å². The number of nitrogens with zero attached hydrogens (tertiary/aromatic N) is 1. The summed E-state index contributed by atoms with van der Waals surface area (Å²) in [4.78, 5) is 2.23. The molecular formula is C12H18ClNO2. The number of ether oxygens (including phenoxy) is 2. The van der Waals surface area contributed by atoms with E-state index in [1.165, 1.54) is 11.1 Å². The van der Waals surface area contributed by atoms with Gasteiger partial charge < -0.3 is 14.4 Å². The molecule has 4 heteroatoms. The van der Waals surface area contributed by atoms with Crippen LogP contribution in [0.4, 0.5) is 0 Å². The van der Waals surface area contributed by atoms with E-state index in [2.05, 4.69) is 31.1 Å². The Kier molecular flexibility index (Phi) is 4.05. The van der Waals surface area contributed by atoms with E-state index in [-0.39, 0.29) is 12.4 Å². The normalized spacial score (nSPS) is 17.2. The Bertz CT molecular complexity index is 380. The van der Waals surface area contributed by atoms with Crippen molar-refractivity contribution in [3.8, 4) is 11.5 Å². The van der Waals surface area contributed by atoms with Crippen molar-refractivity contribution in [1.29, 1.82) is 0 Å². The second-order valence-electron chi connectivity index (χ2n) is 4.09. The molecule has 0 fully saturated rings. The number of halogens is 1. The molecule has 0 bridgehead atoms. The van der Waals surface area contributed by atoms with Crippen molar-refractivity contribution in [1.82, 2.24) is 4.90 Å². The molecule has 0 saturated carbocycles. The van der Waals surface area contributed by atoms with E-state index in [4.69, 9.17) is 9.47 Å². The maximum atomic E-state index is 5.29. The van der Waals surface area contributed by atoms with Crippen LogP contribution in [0.1, 0.15) is 17.2 Å². The monoisotopic (exact) mass is 243 g/mol. The Balaban J connectivity index is 0.00000128. The highest BCUT2D eigenvalue weighted by Gasteiger charge is 2.29. The predicted octanol–water partition coefficient (Wildman–Crippen LogP) is 2.28. The van der Waals surface area contributed by atoms with Gasteiger partial charge in [-0.1, -0.05) is 0 Å². The van der Waals surface area contributed by atoms with Crippen LogP contribution in [-0.4, -0.2) is 33.2 Å². The van der Waals surface area contributed by atoms with E-state index >= 15 is 0 Å². The van der Waals surface area contributed by atoms with Crippen LogP contribution in [0.25, 0.3) is 0 Å². The predicted molar refractivity (Wildman–Crippen MR) is 66.9 cm³/mol. The van der Waals surface area contributed by atoms with Crippen LogP contribution in [0.15, 0.2) is 12.1 Å². The second-order valence-corrected chi connectivity index (χ2v) is 4.09. The lowest BCUT2D eigenvalue weighted by Crippen LogP contribution is -2.30. The summed E-state index contributed by atoms with van der Waals surface area (Å²) in [6.07, 6.45) is 1.10. The number of benzene rings is 1. The zero-order valence-electron chi connectivity index (χ0n) is 10.1. The lowest BCUT2D eigenvalue weighted by atomic mass is 9.82. The fourth-order valence-corrected chi connectivity index (χ4v) is 2.07. The number of methoxy groups -OCH3 is 2. The maximum Gasteiger partial charge on any atom is 0.161 e. The SMILES string of the molecule is COc1cc2c(cc1OC)C(N(C)C)C2.Cl. The lowest BCUT2D eigenvalue weighted by molar-refractivity contribution is 0.266. The first-order chi connectivity index (χ1) is 7.17. The smallest absolute Gasteiger partial charge is 0.161 e. The van der Waals surface area contributed by atoms with Gasteiger partial charge in [-0.15, -0.1) is 12.4 Å². The van der Waals surface area contributed by atoms with Gasteiger partial charge in [0.05, 0.1) is 14.2 Å². The van der Waals surface area contributed by atoms with Crippen molar-refractivity contribution in [2.24, 2.45) is 0 Å². The highest BCUT2D eigenvalue weighted by atomic mass is 35.5. The van der Waals surface area contributed by atoms with Crippen LogP contribution in [0.3, 0.4) is 0 Å². The van der Waals surface area contributed by atoms with Crippen molar-refractivity contribution < 1.29 is 9.47 Å². The van der Waals surface area contributed by atoms with Gasteiger partial charge in [-0.25, -0.2) is 0 Å². The Morgan fingerprint density at radius 1 is 1.12 bits per heavy atom. The van der Waals surface area contributed by atoms with Gasteiger partial charge in [0.15, 0.2) is 11.5 Å². The molecule has 0 aromatic heterocycles. The first kappa shape index (κ1) is 13.1. The molecule has 0 N–H and O–H groups in total. The largest absolute Gasteiger partial charge is 0.493 e. The fraction of sp³-hybridized carbons (Fsp3) is 0.500. The number of hydrogen-bond acceptors (Lipinski definition) is 3. The third kappa shape index (κ3) is 1.97. The summed E-state index contributed by atoms with van der Waals surface area (Å²) in [5.74, 6) is 1.65. The molecule has 0 radical (unpaired) electrons. The summed E-state index contributed by atoms with van der Waals surface area (Å²) < 4.78 is 10.6. The molecule has 1 unspecified atom stereocenters. The molecule has 0 amide bonds. The van der Waals surface area contributed by atoms with Crippen molar-refractivity contribution >= 4 is 12.4 Å². The van der Waals surface area contributed by atoms with Gasteiger partial charge in [0.1, 0.15) is 0 Å². The number of fused-ring (bicyclic) bond motifs is 1. The summed E-state index contributed by atoms with van der Waals surface area (Å²) in [5, 5.41) is 0. The fourth-order valence-electron chi connectivity index (χ4n) is 2.07. The minimum atomic E-state index is 0. The maximum absolute atomic E-state index is 5.29. The van der Waals surface area contributed by atoms with Gasteiger partial charge in [-0.05, 0) is 43.8 Å². The number of hydrogen-bond donors (Lipinski definition) is 0. The quantitative estimate of drug-likeness (QED) is 0.813. The molecule has 2 rings (SSSR count). The Hall–Kier alpha value is -0.930. The van der Waals surface area contributed by atoms with Crippen molar-refractivity contribution in [3.05, 3.63) is 23.3 Å². The second kappa shape index (κ2) is 4.93. The molecule has 1 aromatic rings. The highest BCUT2D eigenvalue weighted by Crippen LogP contribution is 2.42. The van der Waals surface area contributed by atoms with Crippen LogP contribution in [-0.2, 0) is 6.42 Å². The van der Waals surface area contributed by atoms with Gasteiger partial charge in [0.2, 0.25) is 0 Å². The topological polar surface area (TPSA) is 21.7 Å². The molecule has 1 aliphatic carbocycles. The third-order valence-corrected chi connectivity index (χ3v) is 3.04. The minimum Gasteiger partial charge on any atom is -0.493 e. The summed E-state index contributed by atoms with van der Waals surface area (Å²) in [6, 6.07) is 4.69. The van der Waals surface area contributed by atoms with Crippen LogP contribution in [0, 0.1) is 0 Å². The average Bonchev–Trinajstić information content (AvgIpc) is 2.19. The van der Waals surface area contributed by atoms with Crippen LogP contribution in [0.2, 0.25) is 0 Å². The van der Waals surface area contributed by atoms with Crippen molar-refractivity contribution in [3.63, 3.8) is 0 Å².